The molecule has 1 aromatic carbocycles. The highest BCUT2D eigenvalue weighted by Crippen LogP contribution is 2.09. The van der Waals surface area contributed by atoms with Gasteiger partial charge >= 0.3 is 5.69 Å². The van der Waals surface area contributed by atoms with E-state index >= 15 is 0 Å². The second-order valence-corrected chi connectivity index (χ2v) is 3.57. The Morgan fingerprint density at radius 3 is 2.53 bits per heavy atom. The number of aromatic nitrogens is 2. The van der Waals surface area contributed by atoms with Crippen LogP contribution >= 0.6 is 0 Å². The molecule has 1 amide bonds. The Balaban J connectivity index is 2.28. The van der Waals surface area contributed by atoms with Crippen molar-refractivity contribution in [3.63, 3.8) is 0 Å². The number of rotatable bonds is 2. The SMILES string of the molecule is O=C(Nc1c[nH]c(=O)[nH]c1=O)c1ccc(F)c(F)c1. The molecule has 19 heavy (non-hydrogen) atoms. The van der Waals surface area contributed by atoms with E-state index in [0.29, 0.717) is 6.07 Å². The number of carbonyl (C=O) groups excluding carboxylic acids is 1. The van der Waals surface area contributed by atoms with Crippen LogP contribution in [0.1, 0.15) is 10.4 Å². The Bertz CT molecular complexity index is 751. The van der Waals surface area contributed by atoms with Gasteiger partial charge in [-0.25, -0.2) is 13.6 Å². The smallest absolute Gasteiger partial charge is 0.316 e. The number of nitrogens with one attached hydrogen (secondary N) is 3. The maximum atomic E-state index is 12.9. The third kappa shape index (κ3) is 2.73. The molecule has 0 spiro atoms. The van der Waals surface area contributed by atoms with Crippen LogP contribution in [0, 0.1) is 11.6 Å². The number of hydrogen-bond donors (Lipinski definition) is 3. The third-order valence-electron chi connectivity index (χ3n) is 2.25. The summed E-state index contributed by atoms with van der Waals surface area (Å²) in [5.74, 6) is -3.07. The van der Waals surface area contributed by atoms with E-state index in [1.54, 1.807) is 0 Å². The number of hydrogen-bond acceptors (Lipinski definition) is 3. The van der Waals surface area contributed by atoms with Crippen molar-refractivity contribution in [1.82, 2.24) is 9.97 Å². The minimum Gasteiger partial charge on any atom is -0.316 e. The molecule has 0 fully saturated rings. The molecule has 0 aliphatic rings. The summed E-state index contributed by atoms with van der Waals surface area (Å²) in [4.78, 5) is 37.8. The summed E-state index contributed by atoms with van der Waals surface area (Å²) in [6.45, 7) is 0. The van der Waals surface area contributed by atoms with Crippen LogP contribution in [0.15, 0.2) is 34.0 Å². The molecule has 0 aliphatic heterocycles. The van der Waals surface area contributed by atoms with Crippen molar-refractivity contribution in [3.05, 3.63) is 62.4 Å². The lowest BCUT2D eigenvalue weighted by molar-refractivity contribution is 0.102. The van der Waals surface area contributed by atoms with E-state index in [0.717, 1.165) is 18.3 Å². The summed E-state index contributed by atoms with van der Waals surface area (Å²) in [5, 5.41) is 2.16. The molecule has 0 saturated heterocycles. The quantitative estimate of drug-likeness (QED) is 0.743. The molecule has 2 rings (SSSR count). The summed E-state index contributed by atoms with van der Waals surface area (Å²) >= 11 is 0. The van der Waals surface area contributed by atoms with Crippen LogP contribution < -0.4 is 16.6 Å². The molecule has 1 aromatic heterocycles. The van der Waals surface area contributed by atoms with Crippen molar-refractivity contribution in [1.29, 1.82) is 0 Å². The van der Waals surface area contributed by atoms with Crippen LogP contribution in [0.4, 0.5) is 14.5 Å². The molecular weight excluding hydrogens is 260 g/mol. The summed E-state index contributed by atoms with van der Waals surface area (Å²) in [5.41, 5.74) is -1.91. The number of benzene rings is 1. The first-order chi connectivity index (χ1) is 8.97. The van der Waals surface area contributed by atoms with Crippen LogP contribution in [0.2, 0.25) is 0 Å². The van der Waals surface area contributed by atoms with Crippen LogP contribution in [0.5, 0.6) is 0 Å². The van der Waals surface area contributed by atoms with Crippen LogP contribution in [0.25, 0.3) is 0 Å². The number of H-pyrrole nitrogens is 2. The van der Waals surface area contributed by atoms with Gasteiger partial charge in [-0.3, -0.25) is 14.6 Å². The normalized spacial score (nSPS) is 10.2. The van der Waals surface area contributed by atoms with Gasteiger partial charge in [0.15, 0.2) is 11.6 Å². The number of carbonyl (C=O) groups is 1. The predicted octanol–water partition coefficient (Wildman–Crippen LogP) is 0.594. The third-order valence-corrected chi connectivity index (χ3v) is 2.25. The van der Waals surface area contributed by atoms with E-state index < -0.39 is 28.8 Å². The van der Waals surface area contributed by atoms with Gasteiger partial charge in [-0.2, -0.15) is 0 Å². The van der Waals surface area contributed by atoms with E-state index in [4.69, 9.17) is 0 Å². The van der Waals surface area contributed by atoms with Crippen molar-refractivity contribution in [2.24, 2.45) is 0 Å². The molecule has 8 heteroatoms. The zero-order valence-electron chi connectivity index (χ0n) is 9.29. The Morgan fingerprint density at radius 2 is 1.89 bits per heavy atom. The molecule has 3 N–H and O–H groups in total. The molecular formula is C11H7F2N3O3. The largest absolute Gasteiger partial charge is 0.325 e. The zero-order chi connectivity index (χ0) is 14.0. The molecule has 0 saturated carbocycles. The lowest BCUT2D eigenvalue weighted by Crippen LogP contribution is -2.26. The topological polar surface area (TPSA) is 94.8 Å². The molecule has 6 nitrogen and oxygen atoms in total. The van der Waals surface area contributed by atoms with Crippen molar-refractivity contribution in [2.45, 2.75) is 0 Å². The maximum Gasteiger partial charge on any atom is 0.325 e. The lowest BCUT2D eigenvalue weighted by atomic mass is 10.2. The Labute approximate surface area is 104 Å². The number of halogens is 2. The molecule has 0 aliphatic carbocycles. The summed E-state index contributed by atoms with van der Waals surface area (Å²) in [7, 11) is 0. The number of amides is 1. The van der Waals surface area contributed by atoms with Gasteiger partial charge < -0.3 is 10.3 Å². The predicted molar refractivity (Wildman–Crippen MR) is 62.0 cm³/mol. The first-order valence-electron chi connectivity index (χ1n) is 5.06. The van der Waals surface area contributed by atoms with Crippen molar-refractivity contribution in [2.75, 3.05) is 5.32 Å². The first kappa shape index (κ1) is 12.7. The molecule has 1 heterocycles. The summed E-state index contributed by atoms with van der Waals surface area (Å²) in [6.07, 6.45) is 0.999. The highest BCUT2D eigenvalue weighted by Gasteiger charge is 2.11. The summed E-state index contributed by atoms with van der Waals surface area (Å²) in [6, 6.07) is 2.56. The van der Waals surface area contributed by atoms with Gasteiger partial charge in [0.2, 0.25) is 0 Å². The van der Waals surface area contributed by atoms with Gasteiger partial charge in [0.1, 0.15) is 5.69 Å². The van der Waals surface area contributed by atoms with E-state index in [9.17, 15) is 23.2 Å². The summed E-state index contributed by atoms with van der Waals surface area (Å²) < 4.78 is 25.6. The molecule has 98 valence electrons. The van der Waals surface area contributed by atoms with Crippen molar-refractivity contribution < 1.29 is 13.6 Å². The van der Waals surface area contributed by atoms with Gasteiger partial charge in [0.05, 0.1) is 0 Å². The monoisotopic (exact) mass is 267 g/mol. The molecule has 2 aromatic rings. The minimum atomic E-state index is -1.18. The van der Waals surface area contributed by atoms with Crippen molar-refractivity contribution in [3.8, 4) is 0 Å². The fourth-order valence-corrected chi connectivity index (χ4v) is 1.33. The molecule has 0 bridgehead atoms. The van der Waals surface area contributed by atoms with Gasteiger partial charge in [0, 0.05) is 11.8 Å². The van der Waals surface area contributed by atoms with Gasteiger partial charge in [0.25, 0.3) is 11.5 Å². The Morgan fingerprint density at radius 1 is 1.16 bits per heavy atom. The molecule has 0 radical (unpaired) electrons. The molecule has 0 atom stereocenters. The standard InChI is InChI=1S/C11H7F2N3O3/c12-6-2-1-5(3-7(6)13)9(17)15-8-4-14-11(19)16-10(8)18/h1-4H,(H,15,17)(H2,14,16,18,19). The van der Waals surface area contributed by atoms with E-state index in [1.165, 1.54) is 0 Å². The van der Waals surface area contributed by atoms with E-state index in [2.05, 4.69) is 10.3 Å². The van der Waals surface area contributed by atoms with E-state index in [-0.39, 0.29) is 11.3 Å². The van der Waals surface area contributed by atoms with Crippen LogP contribution in [-0.4, -0.2) is 15.9 Å². The van der Waals surface area contributed by atoms with Crippen molar-refractivity contribution >= 4 is 11.6 Å². The highest BCUT2D eigenvalue weighted by molar-refractivity contribution is 6.04. The lowest BCUT2D eigenvalue weighted by Gasteiger charge is -2.04. The fraction of sp³-hybridized carbons (Fsp3) is 0. The average molecular weight is 267 g/mol. The van der Waals surface area contributed by atoms with Gasteiger partial charge in [-0.1, -0.05) is 0 Å². The first-order valence-corrected chi connectivity index (χ1v) is 5.06. The second kappa shape index (κ2) is 4.84. The highest BCUT2D eigenvalue weighted by atomic mass is 19.2. The zero-order valence-corrected chi connectivity index (χ0v) is 9.29. The van der Waals surface area contributed by atoms with Crippen LogP contribution in [-0.2, 0) is 0 Å². The average Bonchev–Trinajstić information content (AvgIpc) is 2.36. The minimum absolute atomic E-state index is 0.162. The van der Waals surface area contributed by atoms with Gasteiger partial charge in [-0.15, -0.1) is 0 Å². The number of anilines is 1. The van der Waals surface area contributed by atoms with E-state index in [1.807, 2.05) is 4.98 Å². The maximum absolute atomic E-state index is 12.9. The Hall–Kier alpha value is -2.77. The second-order valence-electron chi connectivity index (χ2n) is 3.57. The number of aromatic amines is 2. The Kier molecular flexibility index (Phi) is 3.23. The van der Waals surface area contributed by atoms with Crippen LogP contribution in [0.3, 0.4) is 0 Å². The fourth-order valence-electron chi connectivity index (χ4n) is 1.33. The molecule has 0 unspecified atom stereocenters. The van der Waals surface area contributed by atoms with Gasteiger partial charge in [-0.05, 0) is 18.2 Å².